The van der Waals surface area contributed by atoms with Crippen LogP contribution in [0.2, 0.25) is 0 Å². The first kappa shape index (κ1) is 16.0. The number of rotatable bonds is 5. The minimum Gasteiger partial charge on any atom is -0.481 e. The Morgan fingerprint density at radius 1 is 1.43 bits per heavy atom. The van der Waals surface area contributed by atoms with Crippen LogP contribution in [0.1, 0.15) is 12.6 Å². The van der Waals surface area contributed by atoms with Gasteiger partial charge in [-0.1, -0.05) is 18.7 Å². The van der Waals surface area contributed by atoms with Gasteiger partial charge in [0, 0.05) is 18.0 Å². The molecule has 1 aromatic heterocycles. The second-order valence-corrected chi connectivity index (χ2v) is 5.92. The van der Waals surface area contributed by atoms with Crippen LogP contribution >= 0.6 is 27.7 Å². The van der Waals surface area contributed by atoms with Crippen LogP contribution in [0, 0.1) is 11.6 Å². The molecule has 0 saturated heterocycles. The minimum atomic E-state index is -1.00. The predicted octanol–water partition coefficient (Wildman–Crippen LogP) is 3.65. The standard InChI is InChI=1S/C13H11BrF2N2O2S/c1-2-7-5-17-13(21-6-12(19)20)18(7)11-4-9(15)8(14)3-10(11)16/h3-5H,2,6H2,1H3,(H,19,20). The van der Waals surface area contributed by atoms with E-state index in [-0.39, 0.29) is 15.9 Å². The Morgan fingerprint density at radius 3 is 2.76 bits per heavy atom. The molecule has 0 radical (unpaired) electrons. The van der Waals surface area contributed by atoms with Crippen molar-refractivity contribution in [3.8, 4) is 5.69 Å². The topological polar surface area (TPSA) is 55.1 Å². The second-order valence-electron chi connectivity index (χ2n) is 4.12. The summed E-state index contributed by atoms with van der Waals surface area (Å²) in [4.78, 5) is 14.8. The summed E-state index contributed by atoms with van der Waals surface area (Å²) in [6, 6.07) is 2.10. The summed E-state index contributed by atoms with van der Waals surface area (Å²) >= 11 is 3.88. The van der Waals surface area contributed by atoms with Crippen molar-refractivity contribution < 1.29 is 18.7 Å². The highest BCUT2D eigenvalue weighted by molar-refractivity contribution is 9.10. The number of aryl methyl sites for hydroxylation is 1. The predicted molar refractivity (Wildman–Crippen MR) is 78.9 cm³/mol. The van der Waals surface area contributed by atoms with Gasteiger partial charge in [0.05, 0.1) is 15.9 Å². The first-order chi connectivity index (χ1) is 9.93. The summed E-state index contributed by atoms with van der Waals surface area (Å²) in [5, 5.41) is 9.05. The lowest BCUT2D eigenvalue weighted by Gasteiger charge is -2.12. The van der Waals surface area contributed by atoms with Gasteiger partial charge in [-0.25, -0.2) is 13.8 Å². The van der Waals surface area contributed by atoms with Gasteiger partial charge in [0.25, 0.3) is 0 Å². The zero-order chi connectivity index (χ0) is 15.6. The molecule has 0 amide bonds. The number of aromatic nitrogens is 2. The molecule has 0 aliphatic rings. The lowest BCUT2D eigenvalue weighted by molar-refractivity contribution is -0.133. The molecule has 8 heteroatoms. The Hall–Kier alpha value is -1.41. The summed E-state index contributed by atoms with van der Waals surface area (Å²) in [6.45, 7) is 1.85. The monoisotopic (exact) mass is 376 g/mol. The average Bonchev–Trinajstić information content (AvgIpc) is 2.83. The fraction of sp³-hybridized carbons (Fsp3) is 0.231. The molecule has 2 aromatic rings. The fourth-order valence-electron chi connectivity index (χ4n) is 1.79. The van der Waals surface area contributed by atoms with Crippen molar-refractivity contribution in [2.75, 3.05) is 5.75 Å². The Bertz CT molecular complexity index is 691. The quantitative estimate of drug-likeness (QED) is 0.639. The van der Waals surface area contributed by atoms with Crippen LogP contribution in [-0.2, 0) is 11.2 Å². The smallest absolute Gasteiger partial charge is 0.313 e. The van der Waals surface area contributed by atoms with Crippen molar-refractivity contribution >= 4 is 33.7 Å². The van der Waals surface area contributed by atoms with E-state index in [2.05, 4.69) is 20.9 Å². The third-order valence-corrected chi connectivity index (χ3v) is 4.27. The summed E-state index contributed by atoms with van der Waals surface area (Å²) < 4.78 is 29.3. The van der Waals surface area contributed by atoms with Crippen LogP contribution in [0.4, 0.5) is 8.78 Å². The van der Waals surface area contributed by atoms with Crippen LogP contribution in [0.3, 0.4) is 0 Å². The van der Waals surface area contributed by atoms with Crippen LogP contribution in [0.25, 0.3) is 5.69 Å². The average molecular weight is 377 g/mol. The van der Waals surface area contributed by atoms with Gasteiger partial charge in [-0.15, -0.1) is 0 Å². The van der Waals surface area contributed by atoms with Gasteiger partial charge in [0.2, 0.25) is 0 Å². The number of aliphatic carboxylic acids is 1. The molecule has 0 spiro atoms. The molecule has 0 aliphatic carbocycles. The van der Waals surface area contributed by atoms with Crippen molar-refractivity contribution in [1.82, 2.24) is 9.55 Å². The lowest BCUT2D eigenvalue weighted by Crippen LogP contribution is -2.06. The van der Waals surface area contributed by atoms with Gasteiger partial charge in [-0.05, 0) is 28.4 Å². The number of carbonyl (C=O) groups is 1. The molecular formula is C13H11BrF2N2O2S. The van der Waals surface area contributed by atoms with Crippen LogP contribution in [0.5, 0.6) is 0 Å². The molecule has 1 aromatic carbocycles. The van der Waals surface area contributed by atoms with Crippen LogP contribution < -0.4 is 0 Å². The zero-order valence-corrected chi connectivity index (χ0v) is 13.3. The van der Waals surface area contributed by atoms with E-state index in [0.717, 1.165) is 23.9 Å². The number of nitrogens with zero attached hydrogens (tertiary/aromatic N) is 2. The summed E-state index contributed by atoms with van der Waals surface area (Å²) in [5.74, 6) is -2.43. The van der Waals surface area contributed by atoms with E-state index in [1.54, 1.807) is 0 Å². The van der Waals surface area contributed by atoms with E-state index in [9.17, 15) is 13.6 Å². The third kappa shape index (κ3) is 3.44. The Kier molecular flexibility index (Phi) is 5.00. The molecule has 0 bridgehead atoms. The number of thioether (sulfide) groups is 1. The molecular weight excluding hydrogens is 366 g/mol. The van der Waals surface area contributed by atoms with Gasteiger partial charge in [-0.3, -0.25) is 9.36 Å². The van der Waals surface area contributed by atoms with Gasteiger partial charge in [0.15, 0.2) is 5.16 Å². The molecule has 21 heavy (non-hydrogen) atoms. The Labute approximate surface area is 132 Å². The highest BCUT2D eigenvalue weighted by atomic mass is 79.9. The summed E-state index contributed by atoms with van der Waals surface area (Å²) in [7, 11) is 0. The van der Waals surface area contributed by atoms with Crippen molar-refractivity contribution in [3.63, 3.8) is 0 Å². The zero-order valence-electron chi connectivity index (χ0n) is 10.9. The second kappa shape index (κ2) is 6.57. The van der Waals surface area contributed by atoms with Crippen LogP contribution in [-0.4, -0.2) is 26.4 Å². The molecule has 2 rings (SSSR count). The van der Waals surface area contributed by atoms with Crippen LogP contribution in [0.15, 0.2) is 28.0 Å². The van der Waals surface area contributed by atoms with E-state index in [4.69, 9.17) is 5.11 Å². The molecule has 4 nitrogen and oxygen atoms in total. The summed E-state index contributed by atoms with van der Waals surface area (Å²) in [5.41, 5.74) is 0.682. The van der Waals surface area contributed by atoms with Gasteiger partial charge in [-0.2, -0.15) is 0 Å². The molecule has 1 N–H and O–H groups in total. The minimum absolute atomic E-state index is 0.0120. The molecule has 0 atom stereocenters. The van der Waals surface area contributed by atoms with Crippen molar-refractivity contribution in [2.45, 2.75) is 18.5 Å². The molecule has 112 valence electrons. The highest BCUT2D eigenvalue weighted by Crippen LogP contribution is 2.28. The van der Waals surface area contributed by atoms with E-state index in [1.807, 2.05) is 6.92 Å². The molecule has 0 fully saturated rings. The number of imidazole rings is 1. The molecule has 0 unspecified atom stereocenters. The van der Waals surface area contributed by atoms with Crippen molar-refractivity contribution in [2.24, 2.45) is 0 Å². The summed E-state index contributed by atoms with van der Waals surface area (Å²) in [6.07, 6.45) is 2.08. The van der Waals surface area contributed by atoms with Gasteiger partial charge < -0.3 is 5.11 Å². The van der Waals surface area contributed by atoms with Gasteiger partial charge in [0.1, 0.15) is 11.6 Å². The van der Waals surface area contributed by atoms with Crippen molar-refractivity contribution in [3.05, 3.63) is 40.1 Å². The molecule has 0 aliphatic heterocycles. The largest absolute Gasteiger partial charge is 0.481 e. The number of halogens is 3. The Morgan fingerprint density at radius 2 is 2.14 bits per heavy atom. The van der Waals surface area contributed by atoms with E-state index >= 15 is 0 Å². The number of benzene rings is 1. The SMILES string of the molecule is CCc1cnc(SCC(=O)O)n1-c1cc(F)c(Br)cc1F. The maximum Gasteiger partial charge on any atom is 0.313 e. The first-order valence-electron chi connectivity index (χ1n) is 6.00. The number of carboxylic acid groups (broad SMARTS) is 1. The number of carboxylic acids is 1. The van der Waals surface area contributed by atoms with Crippen molar-refractivity contribution in [1.29, 1.82) is 0 Å². The number of hydrogen-bond acceptors (Lipinski definition) is 3. The third-order valence-electron chi connectivity index (χ3n) is 2.72. The Balaban J connectivity index is 2.53. The van der Waals surface area contributed by atoms with Gasteiger partial charge >= 0.3 is 5.97 Å². The maximum atomic E-state index is 14.1. The first-order valence-corrected chi connectivity index (χ1v) is 7.78. The lowest BCUT2D eigenvalue weighted by atomic mass is 10.2. The molecule has 1 heterocycles. The maximum absolute atomic E-state index is 14.1. The normalized spacial score (nSPS) is 10.9. The van der Waals surface area contributed by atoms with E-state index in [1.165, 1.54) is 10.8 Å². The highest BCUT2D eigenvalue weighted by Gasteiger charge is 2.17. The molecule has 0 saturated carbocycles. The van der Waals surface area contributed by atoms with E-state index in [0.29, 0.717) is 17.3 Å². The fourth-order valence-corrected chi connectivity index (χ4v) is 2.83. The van der Waals surface area contributed by atoms with E-state index < -0.39 is 17.6 Å². The number of hydrogen-bond donors (Lipinski definition) is 1.